The maximum Gasteiger partial charge on any atom is 0.219 e. The van der Waals surface area contributed by atoms with Crippen molar-refractivity contribution in [1.29, 1.82) is 0 Å². The van der Waals surface area contributed by atoms with Crippen LogP contribution in [0.15, 0.2) is 54.6 Å². The summed E-state index contributed by atoms with van der Waals surface area (Å²) < 4.78 is 17.1. The van der Waals surface area contributed by atoms with Crippen LogP contribution in [0.1, 0.15) is 13.8 Å². The first kappa shape index (κ1) is 15.2. The standard InChI is InChI=1S/C19H19NO3/c1-3-21-17-12-14-10-11-19(23-15-8-6-5-7-9-15)20-16(14)13-18(17)22-4-2/h5-13H,3-4H2,1-2H3. The summed E-state index contributed by atoms with van der Waals surface area (Å²) in [6.07, 6.45) is 0. The number of hydrogen-bond acceptors (Lipinski definition) is 4. The Balaban J connectivity index is 1.96. The van der Waals surface area contributed by atoms with Crippen molar-refractivity contribution < 1.29 is 14.2 Å². The highest BCUT2D eigenvalue weighted by molar-refractivity contribution is 5.83. The average molecular weight is 309 g/mol. The van der Waals surface area contributed by atoms with Crippen LogP contribution in [0.3, 0.4) is 0 Å². The van der Waals surface area contributed by atoms with Gasteiger partial charge in [0.1, 0.15) is 5.75 Å². The summed E-state index contributed by atoms with van der Waals surface area (Å²) in [6.45, 7) is 5.07. The number of para-hydroxylation sites is 1. The van der Waals surface area contributed by atoms with E-state index in [1.807, 2.05) is 68.4 Å². The van der Waals surface area contributed by atoms with Crippen LogP contribution in [-0.4, -0.2) is 18.2 Å². The quantitative estimate of drug-likeness (QED) is 0.654. The molecule has 4 nitrogen and oxygen atoms in total. The molecule has 0 aliphatic rings. The SMILES string of the molecule is CCOc1cc2ccc(Oc3ccccc3)nc2cc1OCC. The molecule has 0 unspecified atom stereocenters. The summed E-state index contributed by atoms with van der Waals surface area (Å²) in [6, 6.07) is 17.3. The zero-order chi connectivity index (χ0) is 16.1. The Morgan fingerprint density at radius 2 is 1.52 bits per heavy atom. The number of fused-ring (bicyclic) bond motifs is 1. The maximum atomic E-state index is 5.78. The molecule has 1 heterocycles. The molecule has 3 rings (SSSR count). The number of rotatable bonds is 6. The second kappa shape index (κ2) is 7.01. The minimum atomic E-state index is 0.551. The van der Waals surface area contributed by atoms with Gasteiger partial charge in [0, 0.05) is 17.5 Å². The van der Waals surface area contributed by atoms with E-state index >= 15 is 0 Å². The van der Waals surface area contributed by atoms with Gasteiger partial charge in [0.25, 0.3) is 0 Å². The van der Waals surface area contributed by atoms with Gasteiger partial charge in [0.15, 0.2) is 11.5 Å². The van der Waals surface area contributed by atoms with Crippen molar-refractivity contribution in [3.8, 4) is 23.1 Å². The summed E-state index contributed by atoms with van der Waals surface area (Å²) >= 11 is 0. The molecule has 3 aromatic rings. The zero-order valence-electron chi connectivity index (χ0n) is 13.3. The zero-order valence-corrected chi connectivity index (χ0v) is 13.3. The molecule has 0 aliphatic carbocycles. The van der Waals surface area contributed by atoms with Gasteiger partial charge in [0.05, 0.1) is 18.7 Å². The van der Waals surface area contributed by atoms with E-state index in [0.717, 1.165) is 22.4 Å². The number of nitrogens with zero attached hydrogens (tertiary/aromatic N) is 1. The molecule has 118 valence electrons. The Morgan fingerprint density at radius 1 is 0.826 bits per heavy atom. The van der Waals surface area contributed by atoms with Crippen LogP contribution in [0.2, 0.25) is 0 Å². The van der Waals surface area contributed by atoms with E-state index in [1.54, 1.807) is 0 Å². The molecule has 0 aliphatic heterocycles. The van der Waals surface area contributed by atoms with Gasteiger partial charge in [-0.25, -0.2) is 4.98 Å². The van der Waals surface area contributed by atoms with Crippen LogP contribution in [-0.2, 0) is 0 Å². The Morgan fingerprint density at radius 3 is 2.22 bits per heavy atom. The Bertz CT molecular complexity index is 787. The van der Waals surface area contributed by atoms with Gasteiger partial charge >= 0.3 is 0 Å². The van der Waals surface area contributed by atoms with Crippen molar-refractivity contribution in [2.24, 2.45) is 0 Å². The van der Waals surface area contributed by atoms with E-state index in [4.69, 9.17) is 14.2 Å². The van der Waals surface area contributed by atoms with E-state index in [0.29, 0.717) is 24.8 Å². The van der Waals surface area contributed by atoms with Crippen LogP contribution in [0.5, 0.6) is 23.1 Å². The summed E-state index contributed by atoms with van der Waals surface area (Å²) in [5.41, 5.74) is 0.810. The molecule has 0 N–H and O–H groups in total. The first-order valence-electron chi connectivity index (χ1n) is 7.73. The fourth-order valence-corrected chi connectivity index (χ4v) is 2.32. The van der Waals surface area contributed by atoms with Gasteiger partial charge in [-0.3, -0.25) is 0 Å². The van der Waals surface area contributed by atoms with Crippen molar-refractivity contribution in [2.75, 3.05) is 13.2 Å². The van der Waals surface area contributed by atoms with Crippen LogP contribution >= 0.6 is 0 Å². The van der Waals surface area contributed by atoms with Crippen molar-refractivity contribution in [3.05, 3.63) is 54.6 Å². The van der Waals surface area contributed by atoms with Gasteiger partial charge in [-0.2, -0.15) is 0 Å². The van der Waals surface area contributed by atoms with E-state index in [2.05, 4.69) is 4.98 Å². The van der Waals surface area contributed by atoms with E-state index in [1.165, 1.54) is 0 Å². The smallest absolute Gasteiger partial charge is 0.219 e. The molecule has 0 saturated carbocycles. The molecule has 0 saturated heterocycles. The molecule has 0 amide bonds. The predicted molar refractivity (Wildman–Crippen MR) is 90.6 cm³/mol. The van der Waals surface area contributed by atoms with Crippen molar-refractivity contribution in [1.82, 2.24) is 4.98 Å². The van der Waals surface area contributed by atoms with Gasteiger partial charge in [-0.1, -0.05) is 18.2 Å². The lowest BCUT2D eigenvalue weighted by molar-refractivity contribution is 0.288. The highest BCUT2D eigenvalue weighted by Crippen LogP contribution is 2.33. The summed E-state index contributed by atoms with van der Waals surface area (Å²) in [7, 11) is 0. The highest BCUT2D eigenvalue weighted by atomic mass is 16.5. The van der Waals surface area contributed by atoms with E-state index in [9.17, 15) is 0 Å². The van der Waals surface area contributed by atoms with Crippen LogP contribution < -0.4 is 14.2 Å². The lowest BCUT2D eigenvalue weighted by Crippen LogP contribution is -1.99. The molecule has 0 radical (unpaired) electrons. The Labute approximate surface area is 135 Å². The van der Waals surface area contributed by atoms with E-state index in [-0.39, 0.29) is 0 Å². The minimum Gasteiger partial charge on any atom is -0.490 e. The molecule has 0 spiro atoms. The van der Waals surface area contributed by atoms with Crippen LogP contribution in [0.25, 0.3) is 10.9 Å². The predicted octanol–water partition coefficient (Wildman–Crippen LogP) is 4.82. The third-order valence-electron chi connectivity index (χ3n) is 3.29. The first-order valence-corrected chi connectivity index (χ1v) is 7.73. The summed E-state index contributed by atoms with van der Waals surface area (Å²) in [5, 5.41) is 0.984. The molecule has 0 bridgehead atoms. The lowest BCUT2D eigenvalue weighted by atomic mass is 10.2. The van der Waals surface area contributed by atoms with Crippen molar-refractivity contribution in [3.63, 3.8) is 0 Å². The molecular formula is C19H19NO3. The number of benzene rings is 2. The molecular weight excluding hydrogens is 290 g/mol. The highest BCUT2D eigenvalue weighted by Gasteiger charge is 2.09. The molecule has 23 heavy (non-hydrogen) atoms. The number of ether oxygens (including phenoxy) is 3. The Hall–Kier alpha value is -2.75. The molecule has 2 aromatic carbocycles. The lowest BCUT2D eigenvalue weighted by Gasteiger charge is -2.12. The maximum absolute atomic E-state index is 5.78. The third-order valence-corrected chi connectivity index (χ3v) is 3.29. The topological polar surface area (TPSA) is 40.6 Å². The minimum absolute atomic E-state index is 0.551. The molecule has 1 aromatic heterocycles. The number of pyridine rings is 1. The van der Waals surface area contributed by atoms with Crippen LogP contribution in [0.4, 0.5) is 0 Å². The summed E-state index contributed by atoms with van der Waals surface area (Å²) in [5.74, 6) is 2.75. The normalized spacial score (nSPS) is 10.5. The van der Waals surface area contributed by atoms with Crippen molar-refractivity contribution in [2.45, 2.75) is 13.8 Å². The van der Waals surface area contributed by atoms with Gasteiger partial charge in [0.2, 0.25) is 5.88 Å². The van der Waals surface area contributed by atoms with Gasteiger partial charge < -0.3 is 14.2 Å². The average Bonchev–Trinajstić information content (AvgIpc) is 2.57. The molecule has 4 heteroatoms. The Kier molecular flexibility index (Phi) is 4.62. The summed E-state index contributed by atoms with van der Waals surface area (Å²) in [4.78, 5) is 4.56. The molecule has 0 fully saturated rings. The van der Waals surface area contributed by atoms with Gasteiger partial charge in [-0.15, -0.1) is 0 Å². The monoisotopic (exact) mass is 309 g/mol. The van der Waals surface area contributed by atoms with E-state index < -0.39 is 0 Å². The third kappa shape index (κ3) is 3.54. The fraction of sp³-hybridized carbons (Fsp3) is 0.211. The first-order chi connectivity index (χ1) is 11.3. The molecule has 0 atom stereocenters. The van der Waals surface area contributed by atoms with Crippen LogP contribution in [0, 0.1) is 0 Å². The number of aromatic nitrogens is 1. The fourth-order valence-electron chi connectivity index (χ4n) is 2.32. The number of hydrogen-bond donors (Lipinski definition) is 0. The second-order valence-corrected chi connectivity index (χ2v) is 4.92. The van der Waals surface area contributed by atoms with Crippen molar-refractivity contribution >= 4 is 10.9 Å². The second-order valence-electron chi connectivity index (χ2n) is 4.92. The largest absolute Gasteiger partial charge is 0.490 e. The van der Waals surface area contributed by atoms with Gasteiger partial charge in [-0.05, 0) is 38.1 Å².